The van der Waals surface area contributed by atoms with E-state index in [0.717, 1.165) is 33.9 Å². The zero-order chi connectivity index (χ0) is 13.9. The quantitative estimate of drug-likeness (QED) is 0.728. The van der Waals surface area contributed by atoms with Crippen LogP contribution in [0.1, 0.15) is 44.9 Å². The van der Waals surface area contributed by atoms with Crippen LogP contribution in [-0.4, -0.2) is 5.91 Å². The smallest absolute Gasteiger partial charge is 0.227 e. The molecule has 2 nitrogen and oxygen atoms in total. The Kier molecular flexibility index (Phi) is 4.64. The van der Waals surface area contributed by atoms with E-state index in [0.29, 0.717) is 0 Å². The molecule has 1 aromatic rings. The van der Waals surface area contributed by atoms with Crippen LogP contribution in [0.2, 0.25) is 0 Å². The second kappa shape index (κ2) is 6.46. The monoisotopic (exact) mass is 383 g/mol. The summed E-state index contributed by atoms with van der Waals surface area (Å²) in [6, 6.07) is 8.05. The van der Waals surface area contributed by atoms with Crippen molar-refractivity contribution in [3.63, 3.8) is 0 Å². The topological polar surface area (TPSA) is 29.1 Å². The van der Waals surface area contributed by atoms with Gasteiger partial charge in [-0.1, -0.05) is 31.7 Å². The van der Waals surface area contributed by atoms with Crippen LogP contribution >= 0.6 is 22.6 Å². The second-order valence-electron chi connectivity index (χ2n) is 6.31. The van der Waals surface area contributed by atoms with Gasteiger partial charge in [-0.2, -0.15) is 0 Å². The van der Waals surface area contributed by atoms with Crippen molar-refractivity contribution in [2.24, 2.45) is 17.8 Å². The molecule has 0 spiro atoms. The van der Waals surface area contributed by atoms with E-state index < -0.39 is 0 Å². The number of fused-ring (bicyclic) bond motifs is 1. The van der Waals surface area contributed by atoms with Crippen LogP contribution in [0.25, 0.3) is 0 Å². The van der Waals surface area contributed by atoms with Crippen LogP contribution in [0.15, 0.2) is 24.3 Å². The molecule has 2 fully saturated rings. The molecule has 3 atom stereocenters. The van der Waals surface area contributed by atoms with E-state index in [-0.39, 0.29) is 11.8 Å². The van der Waals surface area contributed by atoms with Crippen molar-refractivity contribution in [2.45, 2.75) is 44.9 Å². The molecule has 2 aliphatic rings. The molecule has 1 amide bonds. The molecule has 3 unspecified atom stereocenters. The molecule has 3 heteroatoms. The number of rotatable bonds is 2. The third-order valence-electron chi connectivity index (χ3n) is 5.00. The molecular weight excluding hydrogens is 361 g/mol. The lowest BCUT2D eigenvalue weighted by Gasteiger charge is -2.38. The largest absolute Gasteiger partial charge is 0.326 e. The lowest BCUT2D eigenvalue weighted by atomic mass is 9.67. The van der Waals surface area contributed by atoms with Gasteiger partial charge in [-0.05, 0) is 71.9 Å². The Morgan fingerprint density at radius 1 is 1.10 bits per heavy atom. The van der Waals surface area contributed by atoms with Crippen molar-refractivity contribution in [1.29, 1.82) is 0 Å². The highest BCUT2D eigenvalue weighted by atomic mass is 127. The highest BCUT2D eigenvalue weighted by Gasteiger charge is 2.34. The molecular formula is C17H22INO. The Morgan fingerprint density at radius 3 is 2.70 bits per heavy atom. The summed E-state index contributed by atoms with van der Waals surface area (Å²) in [5.74, 6) is 2.18. The summed E-state index contributed by atoms with van der Waals surface area (Å²) < 4.78 is 1.16. The lowest BCUT2D eigenvalue weighted by Crippen LogP contribution is -2.33. The Balaban J connectivity index is 1.60. The van der Waals surface area contributed by atoms with Crippen LogP contribution < -0.4 is 5.32 Å². The third kappa shape index (κ3) is 3.35. The average molecular weight is 383 g/mol. The molecule has 0 bridgehead atoms. The lowest BCUT2D eigenvalue weighted by molar-refractivity contribution is -0.122. The second-order valence-corrected chi connectivity index (χ2v) is 7.56. The summed E-state index contributed by atoms with van der Waals surface area (Å²) >= 11 is 2.28. The van der Waals surface area contributed by atoms with Crippen molar-refractivity contribution in [3.05, 3.63) is 27.8 Å². The normalized spacial score (nSPS) is 29.6. The summed E-state index contributed by atoms with van der Waals surface area (Å²) in [4.78, 5) is 12.4. The van der Waals surface area contributed by atoms with Crippen molar-refractivity contribution < 1.29 is 4.79 Å². The number of hydrogen-bond donors (Lipinski definition) is 1. The number of carbonyl (C=O) groups is 1. The summed E-state index contributed by atoms with van der Waals surface area (Å²) in [6.07, 6.45) is 8.97. The highest BCUT2D eigenvalue weighted by molar-refractivity contribution is 14.1. The van der Waals surface area contributed by atoms with Crippen molar-refractivity contribution in [3.8, 4) is 0 Å². The predicted octanol–water partition coefficient (Wildman–Crippen LogP) is 4.84. The van der Waals surface area contributed by atoms with Crippen molar-refractivity contribution in [2.75, 3.05) is 5.32 Å². The van der Waals surface area contributed by atoms with Gasteiger partial charge >= 0.3 is 0 Å². The molecule has 3 rings (SSSR count). The van der Waals surface area contributed by atoms with Crippen molar-refractivity contribution >= 4 is 34.2 Å². The van der Waals surface area contributed by atoms with Gasteiger partial charge < -0.3 is 5.32 Å². The van der Waals surface area contributed by atoms with Gasteiger partial charge in [0.2, 0.25) is 5.91 Å². The fraction of sp³-hybridized carbons (Fsp3) is 0.588. The maximum atomic E-state index is 12.4. The first-order valence-electron chi connectivity index (χ1n) is 7.79. The first kappa shape index (κ1) is 14.4. The van der Waals surface area contributed by atoms with Gasteiger partial charge in [0.15, 0.2) is 0 Å². The molecule has 0 radical (unpaired) electrons. The highest BCUT2D eigenvalue weighted by Crippen LogP contribution is 2.42. The maximum absolute atomic E-state index is 12.4. The molecule has 0 aliphatic heterocycles. The number of anilines is 1. The summed E-state index contributed by atoms with van der Waals surface area (Å²) in [7, 11) is 0. The summed E-state index contributed by atoms with van der Waals surface area (Å²) in [5.41, 5.74) is 0.938. The minimum atomic E-state index is 0.229. The van der Waals surface area contributed by atoms with E-state index in [1.807, 2.05) is 24.3 Å². The minimum Gasteiger partial charge on any atom is -0.326 e. The van der Waals surface area contributed by atoms with E-state index in [9.17, 15) is 4.79 Å². The fourth-order valence-electron chi connectivity index (χ4n) is 3.92. The predicted molar refractivity (Wildman–Crippen MR) is 90.6 cm³/mol. The van der Waals surface area contributed by atoms with Crippen LogP contribution in [0, 0.1) is 21.3 Å². The average Bonchev–Trinajstić information content (AvgIpc) is 2.47. The van der Waals surface area contributed by atoms with Crippen LogP contribution in [-0.2, 0) is 4.79 Å². The molecule has 1 N–H and O–H groups in total. The Labute approximate surface area is 134 Å². The van der Waals surface area contributed by atoms with Gasteiger partial charge in [0.25, 0.3) is 0 Å². The van der Waals surface area contributed by atoms with Crippen LogP contribution in [0.4, 0.5) is 5.69 Å². The molecule has 20 heavy (non-hydrogen) atoms. The number of amides is 1. The van der Waals surface area contributed by atoms with Gasteiger partial charge in [-0.15, -0.1) is 0 Å². The van der Waals surface area contributed by atoms with Gasteiger partial charge in [0, 0.05) is 15.2 Å². The molecule has 0 aromatic heterocycles. The zero-order valence-electron chi connectivity index (χ0n) is 11.8. The third-order valence-corrected chi connectivity index (χ3v) is 5.67. The molecule has 108 valence electrons. The molecule has 0 heterocycles. The Bertz CT molecular complexity index is 488. The summed E-state index contributed by atoms with van der Waals surface area (Å²) in [6.45, 7) is 0. The summed E-state index contributed by atoms with van der Waals surface area (Å²) in [5, 5.41) is 3.10. The first-order chi connectivity index (χ1) is 9.72. The fourth-order valence-corrected chi connectivity index (χ4v) is 4.47. The number of carbonyl (C=O) groups excluding carboxylic acids is 1. The van der Waals surface area contributed by atoms with Crippen LogP contribution in [0.5, 0.6) is 0 Å². The first-order valence-corrected chi connectivity index (χ1v) is 8.86. The molecule has 2 aliphatic carbocycles. The van der Waals surface area contributed by atoms with Gasteiger partial charge in [0.1, 0.15) is 0 Å². The molecule has 1 aromatic carbocycles. The number of halogens is 1. The van der Waals surface area contributed by atoms with E-state index in [4.69, 9.17) is 0 Å². The van der Waals surface area contributed by atoms with Gasteiger partial charge in [0.05, 0.1) is 0 Å². The van der Waals surface area contributed by atoms with E-state index >= 15 is 0 Å². The van der Waals surface area contributed by atoms with E-state index in [1.165, 1.54) is 32.1 Å². The van der Waals surface area contributed by atoms with Gasteiger partial charge in [-0.25, -0.2) is 0 Å². The van der Waals surface area contributed by atoms with Gasteiger partial charge in [-0.3, -0.25) is 4.79 Å². The number of hydrogen-bond acceptors (Lipinski definition) is 1. The Morgan fingerprint density at radius 2 is 1.90 bits per heavy atom. The number of benzene rings is 1. The SMILES string of the molecule is O=C(Nc1cccc(I)c1)C1CCC2CCCCC2C1. The standard InChI is InChI=1S/C17H22INO/c18-15-6-3-7-16(11-15)19-17(20)14-9-8-12-4-1-2-5-13(12)10-14/h3,6-7,11-14H,1-2,4-5,8-10H2,(H,19,20). The number of nitrogens with one attached hydrogen (secondary N) is 1. The van der Waals surface area contributed by atoms with E-state index in [1.54, 1.807) is 0 Å². The minimum absolute atomic E-state index is 0.229. The molecule has 0 saturated heterocycles. The van der Waals surface area contributed by atoms with E-state index in [2.05, 4.69) is 27.9 Å². The van der Waals surface area contributed by atoms with Crippen molar-refractivity contribution in [1.82, 2.24) is 0 Å². The maximum Gasteiger partial charge on any atom is 0.227 e. The van der Waals surface area contributed by atoms with Crippen LogP contribution in [0.3, 0.4) is 0 Å². The zero-order valence-corrected chi connectivity index (χ0v) is 13.9. The molecule has 2 saturated carbocycles. The Hall–Kier alpha value is -0.580.